The number of benzene rings is 1. The fourth-order valence-corrected chi connectivity index (χ4v) is 4.43. The van der Waals surface area contributed by atoms with E-state index >= 15 is 0 Å². The van der Waals surface area contributed by atoms with E-state index < -0.39 is 0 Å². The van der Waals surface area contributed by atoms with Crippen molar-refractivity contribution >= 4 is 29.1 Å². The number of piperidine rings is 1. The lowest BCUT2D eigenvalue weighted by molar-refractivity contribution is 0.0866. The summed E-state index contributed by atoms with van der Waals surface area (Å²) in [7, 11) is 0. The number of rotatable bonds is 5. The van der Waals surface area contributed by atoms with Crippen LogP contribution >= 0.6 is 23.2 Å². The zero-order chi connectivity index (χ0) is 20.5. The molecule has 0 radical (unpaired) electrons. The maximum absolute atomic E-state index is 12.6. The van der Waals surface area contributed by atoms with E-state index in [2.05, 4.69) is 43.4 Å². The number of halogens is 2. The van der Waals surface area contributed by atoms with Crippen molar-refractivity contribution in [2.45, 2.75) is 64.4 Å². The van der Waals surface area contributed by atoms with E-state index in [1.807, 2.05) is 0 Å². The van der Waals surface area contributed by atoms with Gasteiger partial charge in [-0.15, -0.1) is 0 Å². The topological polar surface area (TPSA) is 68.2 Å². The van der Waals surface area contributed by atoms with Crippen LogP contribution in [-0.2, 0) is 6.73 Å². The van der Waals surface area contributed by atoms with Crippen LogP contribution in [0.25, 0.3) is 0 Å². The van der Waals surface area contributed by atoms with Crippen LogP contribution in [-0.4, -0.2) is 32.8 Å². The molecule has 0 bridgehead atoms. The van der Waals surface area contributed by atoms with Crippen molar-refractivity contribution in [3.63, 3.8) is 0 Å². The number of nitrogens with zero attached hydrogens (tertiary/aromatic N) is 2. The fraction of sp³-hybridized carbons (Fsp3) is 0.500. The minimum atomic E-state index is -0.179. The SMILES string of the molecule is CC1(C)CC(NC(=O)c2ccn(COc3ccc(Cl)cc3Cl)n2)CC(C)(C)N1. The quantitative estimate of drug-likeness (QED) is 0.751. The Bertz CT molecular complexity index is 848. The zero-order valence-electron chi connectivity index (χ0n) is 16.6. The fourth-order valence-electron chi connectivity index (χ4n) is 3.97. The van der Waals surface area contributed by atoms with E-state index in [-0.39, 0.29) is 29.8 Å². The lowest BCUT2D eigenvalue weighted by Gasteiger charge is -2.46. The first-order valence-corrected chi connectivity index (χ1v) is 10.0. The third-order valence-corrected chi connectivity index (χ3v) is 5.18. The molecular formula is C20H26Cl2N4O2. The van der Waals surface area contributed by atoms with Gasteiger partial charge in [0, 0.05) is 28.3 Å². The Hall–Kier alpha value is -1.76. The lowest BCUT2D eigenvalue weighted by Crippen LogP contribution is -2.62. The Morgan fingerprint density at radius 3 is 2.57 bits per heavy atom. The van der Waals surface area contributed by atoms with Crippen LogP contribution in [0.2, 0.25) is 10.0 Å². The van der Waals surface area contributed by atoms with Gasteiger partial charge < -0.3 is 15.4 Å². The minimum Gasteiger partial charge on any atom is -0.470 e. The second kappa shape index (κ2) is 7.93. The molecule has 1 amide bonds. The van der Waals surface area contributed by atoms with Gasteiger partial charge in [-0.25, -0.2) is 4.68 Å². The molecule has 28 heavy (non-hydrogen) atoms. The Morgan fingerprint density at radius 1 is 1.25 bits per heavy atom. The Labute approximate surface area is 175 Å². The number of hydrogen-bond acceptors (Lipinski definition) is 4. The van der Waals surface area contributed by atoms with E-state index in [1.165, 1.54) is 0 Å². The zero-order valence-corrected chi connectivity index (χ0v) is 18.1. The molecule has 0 unspecified atom stereocenters. The summed E-state index contributed by atoms with van der Waals surface area (Å²) in [4.78, 5) is 12.6. The molecule has 2 heterocycles. The Morgan fingerprint density at radius 2 is 1.93 bits per heavy atom. The summed E-state index contributed by atoms with van der Waals surface area (Å²) in [6.07, 6.45) is 3.43. The lowest BCUT2D eigenvalue weighted by atomic mass is 9.79. The predicted octanol–water partition coefficient (Wildman–Crippen LogP) is 4.27. The van der Waals surface area contributed by atoms with Gasteiger partial charge >= 0.3 is 0 Å². The van der Waals surface area contributed by atoms with Crippen molar-refractivity contribution in [3.8, 4) is 5.75 Å². The predicted molar refractivity (Wildman–Crippen MR) is 111 cm³/mol. The number of aromatic nitrogens is 2. The third kappa shape index (κ3) is 5.40. The van der Waals surface area contributed by atoms with Crippen LogP contribution in [0, 0.1) is 0 Å². The summed E-state index contributed by atoms with van der Waals surface area (Å²) < 4.78 is 7.20. The Balaban J connectivity index is 1.59. The first-order valence-electron chi connectivity index (χ1n) is 9.25. The minimum absolute atomic E-state index is 0.0370. The number of carbonyl (C=O) groups is 1. The second-order valence-corrected chi connectivity index (χ2v) is 9.40. The van der Waals surface area contributed by atoms with Crippen LogP contribution < -0.4 is 15.4 Å². The molecule has 152 valence electrons. The molecule has 0 spiro atoms. The van der Waals surface area contributed by atoms with Crippen molar-refractivity contribution in [1.82, 2.24) is 20.4 Å². The van der Waals surface area contributed by atoms with Crippen LogP contribution in [0.1, 0.15) is 51.0 Å². The number of carbonyl (C=O) groups excluding carboxylic acids is 1. The highest BCUT2D eigenvalue weighted by Crippen LogP contribution is 2.29. The number of amides is 1. The highest BCUT2D eigenvalue weighted by Gasteiger charge is 2.38. The summed E-state index contributed by atoms with van der Waals surface area (Å²) >= 11 is 12.0. The highest BCUT2D eigenvalue weighted by atomic mass is 35.5. The monoisotopic (exact) mass is 424 g/mol. The highest BCUT2D eigenvalue weighted by molar-refractivity contribution is 6.35. The first-order chi connectivity index (χ1) is 13.0. The molecule has 2 aromatic rings. The third-order valence-electron chi connectivity index (χ3n) is 4.64. The van der Waals surface area contributed by atoms with Gasteiger partial charge in [0.25, 0.3) is 5.91 Å². The average molecular weight is 425 g/mol. The molecular weight excluding hydrogens is 399 g/mol. The molecule has 8 heteroatoms. The summed E-state index contributed by atoms with van der Waals surface area (Å²) in [6, 6.07) is 6.78. The smallest absolute Gasteiger partial charge is 0.271 e. The molecule has 1 aliphatic heterocycles. The molecule has 1 fully saturated rings. The van der Waals surface area contributed by atoms with Crippen molar-refractivity contribution in [2.24, 2.45) is 0 Å². The van der Waals surface area contributed by atoms with Gasteiger partial charge in [0.1, 0.15) is 11.4 Å². The summed E-state index contributed by atoms with van der Waals surface area (Å²) in [5.74, 6) is 0.327. The van der Waals surface area contributed by atoms with E-state index in [9.17, 15) is 4.79 Å². The van der Waals surface area contributed by atoms with Gasteiger partial charge in [-0.05, 0) is 64.8 Å². The molecule has 1 aromatic heterocycles. The van der Waals surface area contributed by atoms with Crippen LogP contribution in [0.3, 0.4) is 0 Å². The summed E-state index contributed by atoms with van der Waals surface area (Å²) in [5, 5.41) is 12.0. The van der Waals surface area contributed by atoms with Gasteiger partial charge in [-0.3, -0.25) is 4.79 Å². The molecule has 0 aliphatic carbocycles. The van der Waals surface area contributed by atoms with Crippen LogP contribution in [0.5, 0.6) is 5.75 Å². The molecule has 3 rings (SSSR count). The van der Waals surface area contributed by atoms with Gasteiger partial charge in [-0.1, -0.05) is 23.2 Å². The van der Waals surface area contributed by atoms with Crippen LogP contribution in [0.4, 0.5) is 0 Å². The van der Waals surface area contributed by atoms with Crippen molar-refractivity contribution in [2.75, 3.05) is 0 Å². The van der Waals surface area contributed by atoms with Gasteiger partial charge in [0.2, 0.25) is 0 Å². The Kier molecular flexibility index (Phi) is 5.94. The number of ether oxygens (including phenoxy) is 1. The molecule has 2 N–H and O–H groups in total. The summed E-state index contributed by atoms with van der Waals surface area (Å²) in [5.41, 5.74) is 0.287. The van der Waals surface area contributed by atoms with E-state index in [1.54, 1.807) is 35.1 Å². The first kappa shape index (κ1) is 21.0. The van der Waals surface area contributed by atoms with Gasteiger partial charge in [0.05, 0.1) is 5.02 Å². The molecule has 6 nitrogen and oxygen atoms in total. The average Bonchev–Trinajstić information content (AvgIpc) is 3.00. The molecule has 1 aromatic carbocycles. The number of nitrogens with one attached hydrogen (secondary N) is 2. The van der Waals surface area contributed by atoms with Crippen molar-refractivity contribution < 1.29 is 9.53 Å². The number of hydrogen-bond donors (Lipinski definition) is 2. The largest absolute Gasteiger partial charge is 0.470 e. The normalized spacial score (nSPS) is 18.6. The standard InChI is InChI=1S/C20H26Cl2N4O2/c1-19(2)10-14(11-20(3,4)25-19)23-18(27)16-7-8-26(24-16)12-28-17-6-5-13(21)9-15(17)22/h5-9,14,25H,10-12H2,1-4H3,(H,23,27). The van der Waals surface area contributed by atoms with Crippen LogP contribution in [0.15, 0.2) is 30.5 Å². The molecule has 1 aliphatic rings. The maximum Gasteiger partial charge on any atom is 0.271 e. The molecule has 0 atom stereocenters. The van der Waals surface area contributed by atoms with Crippen molar-refractivity contribution in [3.05, 3.63) is 46.2 Å². The van der Waals surface area contributed by atoms with Crippen molar-refractivity contribution in [1.29, 1.82) is 0 Å². The van der Waals surface area contributed by atoms with Gasteiger partial charge in [-0.2, -0.15) is 5.10 Å². The van der Waals surface area contributed by atoms with E-state index in [0.717, 1.165) is 12.8 Å². The van der Waals surface area contributed by atoms with Gasteiger partial charge in [0.15, 0.2) is 6.73 Å². The molecule has 1 saturated heterocycles. The van der Waals surface area contributed by atoms with E-state index in [4.69, 9.17) is 27.9 Å². The maximum atomic E-state index is 12.6. The second-order valence-electron chi connectivity index (χ2n) is 8.56. The molecule has 0 saturated carbocycles. The van der Waals surface area contributed by atoms with E-state index in [0.29, 0.717) is 21.5 Å². The summed E-state index contributed by atoms with van der Waals surface area (Å²) in [6.45, 7) is 8.76.